The molecule has 1 N–H and O–H groups in total. The van der Waals surface area contributed by atoms with Gasteiger partial charge in [-0.15, -0.1) is 0 Å². The molecule has 0 radical (unpaired) electrons. The molecular formula is C15H25N3O. The van der Waals surface area contributed by atoms with Crippen LogP contribution >= 0.6 is 0 Å². The second-order valence-electron chi connectivity index (χ2n) is 4.75. The zero-order valence-electron chi connectivity index (χ0n) is 12.4. The van der Waals surface area contributed by atoms with Crippen molar-refractivity contribution in [3.63, 3.8) is 0 Å². The van der Waals surface area contributed by atoms with Crippen LogP contribution in [0.2, 0.25) is 0 Å². The summed E-state index contributed by atoms with van der Waals surface area (Å²) in [7, 11) is 3.57. The molecule has 1 amide bonds. The molecule has 0 unspecified atom stereocenters. The summed E-state index contributed by atoms with van der Waals surface area (Å²) in [6, 6.07) is 8.39. The number of carbonyl (C=O) groups is 1. The van der Waals surface area contributed by atoms with E-state index in [0.717, 1.165) is 25.3 Å². The number of carbonyl (C=O) groups excluding carboxylic acids is 1. The van der Waals surface area contributed by atoms with Gasteiger partial charge in [0, 0.05) is 32.9 Å². The van der Waals surface area contributed by atoms with Gasteiger partial charge in [-0.25, -0.2) is 0 Å². The lowest BCUT2D eigenvalue weighted by atomic mass is 10.2. The van der Waals surface area contributed by atoms with Crippen LogP contribution in [0, 0.1) is 0 Å². The minimum Gasteiger partial charge on any atom is -0.362 e. The Morgan fingerprint density at radius 2 is 1.79 bits per heavy atom. The quantitative estimate of drug-likeness (QED) is 0.813. The van der Waals surface area contributed by atoms with Crippen molar-refractivity contribution in [2.24, 2.45) is 0 Å². The van der Waals surface area contributed by atoms with E-state index in [9.17, 15) is 4.79 Å². The molecule has 19 heavy (non-hydrogen) atoms. The first-order chi connectivity index (χ1) is 9.08. The number of nitrogens with zero attached hydrogens (tertiary/aromatic N) is 2. The number of nitrogens with one attached hydrogen (secondary N) is 1. The minimum absolute atomic E-state index is 0.124. The van der Waals surface area contributed by atoms with Crippen LogP contribution in [0.5, 0.6) is 0 Å². The van der Waals surface area contributed by atoms with Crippen LogP contribution in [0.4, 0.5) is 5.69 Å². The molecule has 0 saturated heterocycles. The topological polar surface area (TPSA) is 35.6 Å². The van der Waals surface area contributed by atoms with Crippen molar-refractivity contribution in [3.8, 4) is 0 Å². The van der Waals surface area contributed by atoms with Gasteiger partial charge in [-0.1, -0.05) is 19.1 Å². The van der Waals surface area contributed by atoms with E-state index in [0.29, 0.717) is 6.54 Å². The molecule has 4 heteroatoms. The number of benzene rings is 1. The van der Waals surface area contributed by atoms with E-state index in [4.69, 9.17) is 0 Å². The second-order valence-corrected chi connectivity index (χ2v) is 4.75. The number of hydrogen-bond acceptors (Lipinski definition) is 3. The lowest BCUT2D eigenvalue weighted by Crippen LogP contribution is -2.36. The fourth-order valence-electron chi connectivity index (χ4n) is 1.78. The number of rotatable bonds is 7. The molecule has 0 aliphatic heterocycles. The summed E-state index contributed by atoms with van der Waals surface area (Å²) < 4.78 is 0. The van der Waals surface area contributed by atoms with E-state index in [1.807, 2.05) is 0 Å². The fraction of sp³-hybridized carbons (Fsp3) is 0.533. The first-order valence-electron chi connectivity index (χ1n) is 6.83. The average molecular weight is 263 g/mol. The molecule has 1 rings (SSSR count). The van der Waals surface area contributed by atoms with Crippen molar-refractivity contribution in [3.05, 3.63) is 29.8 Å². The van der Waals surface area contributed by atoms with E-state index in [1.54, 1.807) is 19.0 Å². The third kappa shape index (κ3) is 4.91. The minimum atomic E-state index is 0.124. The molecule has 0 heterocycles. The number of likely N-dealkylation sites (N-methyl/N-ethyl adjacent to an activating group) is 2. The van der Waals surface area contributed by atoms with Gasteiger partial charge in [0.25, 0.3) is 0 Å². The highest BCUT2D eigenvalue weighted by molar-refractivity contribution is 5.81. The molecule has 106 valence electrons. The van der Waals surface area contributed by atoms with Crippen molar-refractivity contribution in [1.29, 1.82) is 0 Å². The summed E-state index contributed by atoms with van der Waals surface area (Å²) in [5.74, 6) is 0.124. The number of anilines is 1. The Morgan fingerprint density at radius 3 is 2.26 bits per heavy atom. The Kier molecular flexibility index (Phi) is 6.36. The monoisotopic (exact) mass is 263 g/mol. The van der Waals surface area contributed by atoms with E-state index in [2.05, 4.69) is 48.3 Å². The summed E-state index contributed by atoms with van der Waals surface area (Å²) in [6.45, 7) is 7.28. The largest absolute Gasteiger partial charge is 0.362 e. The lowest BCUT2D eigenvalue weighted by Gasteiger charge is -2.24. The molecule has 0 saturated carbocycles. The van der Waals surface area contributed by atoms with Crippen LogP contribution in [0.3, 0.4) is 0 Å². The Hall–Kier alpha value is -1.55. The summed E-state index contributed by atoms with van der Waals surface area (Å²) in [5.41, 5.74) is 2.36. The molecule has 0 atom stereocenters. The van der Waals surface area contributed by atoms with Crippen molar-refractivity contribution in [2.75, 3.05) is 38.6 Å². The highest BCUT2D eigenvalue weighted by Crippen LogP contribution is 2.15. The molecule has 0 aliphatic rings. The van der Waals surface area contributed by atoms with Crippen molar-refractivity contribution in [2.45, 2.75) is 20.4 Å². The smallest absolute Gasteiger partial charge is 0.241 e. The predicted molar refractivity (Wildman–Crippen MR) is 80.4 cm³/mol. The lowest BCUT2D eigenvalue weighted by molar-refractivity contribution is -0.127. The summed E-state index contributed by atoms with van der Waals surface area (Å²) in [6.07, 6.45) is 0. The second kappa shape index (κ2) is 7.79. The summed E-state index contributed by atoms with van der Waals surface area (Å²) in [5, 5.41) is 3.30. The zero-order chi connectivity index (χ0) is 14.3. The molecule has 0 spiro atoms. The Morgan fingerprint density at radius 1 is 1.16 bits per heavy atom. The van der Waals surface area contributed by atoms with Gasteiger partial charge in [-0.2, -0.15) is 0 Å². The van der Waals surface area contributed by atoms with Gasteiger partial charge >= 0.3 is 0 Å². The normalized spacial score (nSPS) is 10.3. The number of amides is 1. The van der Waals surface area contributed by atoms with Crippen molar-refractivity contribution < 1.29 is 4.79 Å². The van der Waals surface area contributed by atoms with Gasteiger partial charge in [0.2, 0.25) is 5.91 Å². The molecular weight excluding hydrogens is 238 g/mol. The summed E-state index contributed by atoms with van der Waals surface area (Å²) in [4.78, 5) is 15.5. The van der Waals surface area contributed by atoms with Crippen LogP contribution in [-0.4, -0.2) is 44.5 Å². The predicted octanol–water partition coefficient (Wildman–Crippen LogP) is 1.71. The highest BCUT2D eigenvalue weighted by Gasteiger charge is 2.11. The van der Waals surface area contributed by atoms with Crippen LogP contribution < -0.4 is 10.2 Å². The maximum absolute atomic E-state index is 11.8. The third-order valence-electron chi connectivity index (χ3n) is 3.09. The maximum Gasteiger partial charge on any atom is 0.241 e. The molecule has 4 nitrogen and oxygen atoms in total. The van der Waals surface area contributed by atoms with E-state index < -0.39 is 0 Å². The van der Waals surface area contributed by atoms with Gasteiger partial charge < -0.3 is 15.1 Å². The molecule has 1 aromatic carbocycles. The first kappa shape index (κ1) is 15.5. The molecule has 1 aromatic rings. The van der Waals surface area contributed by atoms with Gasteiger partial charge in [0.15, 0.2) is 0 Å². The Labute approximate surface area is 116 Å². The zero-order valence-corrected chi connectivity index (χ0v) is 12.4. The average Bonchev–Trinajstić information content (AvgIpc) is 2.42. The van der Waals surface area contributed by atoms with Crippen LogP contribution in [-0.2, 0) is 11.3 Å². The highest BCUT2D eigenvalue weighted by atomic mass is 16.2. The van der Waals surface area contributed by atoms with Crippen LogP contribution in [0.25, 0.3) is 0 Å². The molecule has 0 aliphatic carbocycles. The fourth-order valence-corrected chi connectivity index (χ4v) is 1.78. The third-order valence-corrected chi connectivity index (χ3v) is 3.09. The van der Waals surface area contributed by atoms with Crippen LogP contribution in [0.15, 0.2) is 24.3 Å². The Bertz CT molecular complexity index is 387. The van der Waals surface area contributed by atoms with Gasteiger partial charge in [-0.3, -0.25) is 4.79 Å². The molecule has 0 fully saturated rings. The SMILES string of the molecule is CCNCc1ccc(N(CC)CC(=O)N(C)C)cc1. The molecule has 0 bridgehead atoms. The standard InChI is InChI=1S/C15H25N3O/c1-5-16-11-13-7-9-14(10-8-13)18(6-2)12-15(19)17(3)4/h7-10,16H,5-6,11-12H2,1-4H3. The summed E-state index contributed by atoms with van der Waals surface area (Å²) >= 11 is 0. The van der Waals surface area contributed by atoms with Crippen LogP contribution in [0.1, 0.15) is 19.4 Å². The number of hydrogen-bond donors (Lipinski definition) is 1. The van der Waals surface area contributed by atoms with E-state index in [-0.39, 0.29) is 5.91 Å². The van der Waals surface area contributed by atoms with E-state index >= 15 is 0 Å². The van der Waals surface area contributed by atoms with Gasteiger partial charge in [-0.05, 0) is 31.2 Å². The van der Waals surface area contributed by atoms with Crippen molar-refractivity contribution >= 4 is 11.6 Å². The van der Waals surface area contributed by atoms with Gasteiger partial charge in [0.1, 0.15) is 0 Å². The first-order valence-corrected chi connectivity index (χ1v) is 6.83. The molecule has 0 aromatic heterocycles. The van der Waals surface area contributed by atoms with Crippen molar-refractivity contribution in [1.82, 2.24) is 10.2 Å². The maximum atomic E-state index is 11.8. The van der Waals surface area contributed by atoms with Gasteiger partial charge in [0.05, 0.1) is 6.54 Å². The van der Waals surface area contributed by atoms with E-state index in [1.165, 1.54) is 5.56 Å². The Balaban J connectivity index is 2.68.